The van der Waals surface area contributed by atoms with E-state index in [9.17, 15) is 4.79 Å². The number of para-hydroxylation sites is 1. The molecule has 2 aromatic carbocycles. The summed E-state index contributed by atoms with van der Waals surface area (Å²) in [5.41, 5.74) is 3.49. The number of pyridine rings is 1. The van der Waals surface area contributed by atoms with Gasteiger partial charge in [-0.1, -0.05) is 48.5 Å². The van der Waals surface area contributed by atoms with E-state index in [0.717, 1.165) is 33.3 Å². The topological polar surface area (TPSA) is 70.7 Å². The molecular formula is C23H24N4O. The Bertz CT molecular complexity index is 1120. The third-order valence-corrected chi connectivity index (χ3v) is 5.39. The molecule has 0 aliphatic rings. The maximum atomic E-state index is 12.1. The molecule has 1 amide bonds. The molecule has 2 N–H and O–H groups in total. The lowest BCUT2D eigenvalue weighted by molar-refractivity contribution is -0.121. The lowest BCUT2D eigenvalue weighted by atomic mass is 9.77. The molecule has 0 radical (unpaired) electrons. The number of rotatable bonds is 6. The number of nitrogens with one attached hydrogen (secondary N) is 2. The molecule has 0 spiro atoms. The highest BCUT2D eigenvalue weighted by atomic mass is 16.1. The third-order valence-electron chi connectivity index (χ3n) is 5.39. The van der Waals surface area contributed by atoms with Gasteiger partial charge in [0.25, 0.3) is 0 Å². The van der Waals surface area contributed by atoms with Crippen molar-refractivity contribution in [2.24, 2.45) is 0 Å². The van der Waals surface area contributed by atoms with E-state index < -0.39 is 5.41 Å². The quantitative estimate of drug-likeness (QED) is 0.529. The highest BCUT2D eigenvalue weighted by molar-refractivity contribution is 6.01. The van der Waals surface area contributed by atoms with Crippen LogP contribution in [0, 0.1) is 0 Å². The zero-order chi connectivity index (χ0) is 19.6. The van der Waals surface area contributed by atoms with E-state index in [0.29, 0.717) is 19.4 Å². The van der Waals surface area contributed by atoms with Crippen LogP contribution in [0.25, 0.3) is 21.9 Å². The molecule has 4 aromatic rings. The third kappa shape index (κ3) is 3.24. The maximum Gasteiger partial charge on any atom is 0.220 e. The summed E-state index contributed by atoms with van der Waals surface area (Å²) in [6, 6.07) is 18.3. The number of nitrogens with zero attached hydrogens (tertiary/aromatic N) is 2. The highest BCUT2D eigenvalue weighted by Crippen LogP contribution is 2.36. The van der Waals surface area contributed by atoms with Crippen molar-refractivity contribution in [3.63, 3.8) is 0 Å². The molecule has 0 fully saturated rings. The summed E-state index contributed by atoms with van der Waals surface area (Å²) < 4.78 is 0. The molecule has 5 nitrogen and oxygen atoms in total. The number of hydrogen-bond donors (Lipinski definition) is 2. The number of aromatic amines is 1. The Kier molecular flexibility index (Phi) is 4.82. The number of benzene rings is 2. The predicted molar refractivity (Wildman–Crippen MR) is 112 cm³/mol. The van der Waals surface area contributed by atoms with Crippen molar-refractivity contribution < 1.29 is 4.79 Å². The Morgan fingerprint density at radius 2 is 1.82 bits per heavy atom. The van der Waals surface area contributed by atoms with Crippen molar-refractivity contribution >= 4 is 27.8 Å². The van der Waals surface area contributed by atoms with Gasteiger partial charge in [-0.3, -0.25) is 9.78 Å². The summed E-state index contributed by atoms with van der Waals surface area (Å²) in [4.78, 5) is 25.1. The van der Waals surface area contributed by atoms with Crippen LogP contribution in [0.1, 0.15) is 38.1 Å². The molecule has 0 bridgehead atoms. The van der Waals surface area contributed by atoms with Crippen LogP contribution in [0.15, 0.2) is 60.8 Å². The van der Waals surface area contributed by atoms with Crippen LogP contribution in [-0.4, -0.2) is 27.4 Å². The molecule has 142 valence electrons. The molecular weight excluding hydrogens is 348 g/mol. The molecule has 5 heteroatoms. The van der Waals surface area contributed by atoms with Crippen molar-refractivity contribution in [3.05, 3.63) is 72.2 Å². The van der Waals surface area contributed by atoms with Gasteiger partial charge in [-0.05, 0) is 31.9 Å². The minimum absolute atomic E-state index is 0.0629. The Morgan fingerprint density at radius 3 is 2.61 bits per heavy atom. The summed E-state index contributed by atoms with van der Waals surface area (Å²) in [5.74, 6) is 0.920. The van der Waals surface area contributed by atoms with Crippen LogP contribution in [0.3, 0.4) is 0 Å². The van der Waals surface area contributed by atoms with E-state index in [1.807, 2.05) is 49.5 Å². The van der Waals surface area contributed by atoms with Crippen LogP contribution in [0.4, 0.5) is 0 Å². The number of amides is 1. The minimum atomic E-state index is -0.410. The Balaban J connectivity index is 1.82. The van der Waals surface area contributed by atoms with Crippen molar-refractivity contribution in [2.75, 3.05) is 6.54 Å². The zero-order valence-corrected chi connectivity index (χ0v) is 16.2. The predicted octanol–water partition coefficient (Wildman–Crippen LogP) is 4.33. The smallest absolute Gasteiger partial charge is 0.220 e. The standard InChI is InChI=1S/C23H24N4O/c1-3-24-20(28)13-14-23(2,16-9-5-4-6-10-16)22-26-19-15-25-18-12-8-7-11-17(18)21(19)27-22/h4-12,15H,3,13-14H2,1-2H3,(H,24,28)(H,26,27). The molecule has 28 heavy (non-hydrogen) atoms. The number of H-pyrrole nitrogens is 1. The van der Waals surface area contributed by atoms with E-state index >= 15 is 0 Å². The van der Waals surface area contributed by atoms with Gasteiger partial charge in [0, 0.05) is 18.4 Å². The molecule has 2 aromatic heterocycles. The summed E-state index contributed by atoms with van der Waals surface area (Å²) in [6.07, 6.45) is 2.91. The van der Waals surface area contributed by atoms with Gasteiger partial charge >= 0.3 is 0 Å². The van der Waals surface area contributed by atoms with Gasteiger partial charge in [-0.15, -0.1) is 0 Å². The van der Waals surface area contributed by atoms with Crippen molar-refractivity contribution in [3.8, 4) is 0 Å². The average molecular weight is 372 g/mol. The fourth-order valence-corrected chi connectivity index (χ4v) is 3.73. The first kappa shape index (κ1) is 18.2. The van der Waals surface area contributed by atoms with Crippen LogP contribution < -0.4 is 5.32 Å². The molecule has 1 atom stereocenters. The lowest BCUT2D eigenvalue weighted by Crippen LogP contribution is -2.29. The fraction of sp³-hybridized carbons (Fsp3) is 0.261. The van der Waals surface area contributed by atoms with Crippen LogP contribution in [0.2, 0.25) is 0 Å². The van der Waals surface area contributed by atoms with E-state index in [1.54, 1.807) is 0 Å². The minimum Gasteiger partial charge on any atom is -0.356 e. The van der Waals surface area contributed by atoms with E-state index in [-0.39, 0.29) is 5.91 Å². The molecule has 0 aliphatic heterocycles. The average Bonchev–Trinajstić information content (AvgIpc) is 3.18. The van der Waals surface area contributed by atoms with E-state index in [4.69, 9.17) is 4.98 Å². The summed E-state index contributed by atoms with van der Waals surface area (Å²) in [7, 11) is 0. The van der Waals surface area contributed by atoms with Crippen molar-refractivity contribution in [2.45, 2.75) is 32.1 Å². The van der Waals surface area contributed by atoms with Gasteiger partial charge in [0.05, 0.1) is 22.6 Å². The lowest BCUT2D eigenvalue weighted by Gasteiger charge is -2.28. The highest BCUT2D eigenvalue weighted by Gasteiger charge is 2.33. The van der Waals surface area contributed by atoms with Gasteiger partial charge in [0.15, 0.2) is 0 Å². The second kappa shape index (κ2) is 7.43. The van der Waals surface area contributed by atoms with Crippen LogP contribution >= 0.6 is 0 Å². The van der Waals surface area contributed by atoms with Gasteiger partial charge in [-0.25, -0.2) is 4.98 Å². The Labute approximate surface area is 164 Å². The first-order valence-corrected chi connectivity index (χ1v) is 9.68. The Morgan fingerprint density at radius 1 is 1.07 bits per heavy atom. The molecule has 0 saturated heterocycles. The number of carbonyl (C=O) groups is 1. The normalized spacial score (nSPS) is 13.5. The van der Waals surface area contributed by atoms with Crippen LogP contribution in [-0.2, 0) is 10.2 Å². The number of aromatic nitrogens is 3. The number of imidazole rings is 1. The van der Waals surface area contributed by atoms with Crippen molar-refractivity contribution in [1.29, 1.82) is 0 Å². The monoisotopic (exact) mass is 372 g/mol. The summed E-state index contributed by atoms with van der Waals surface area (Å²) >= 11 is 0. The first-order valence-electron chi connectivity index (χ1n) is 9.68. The second-order valence-corrected chi connectivity index (χ2v) is 7.27. The van der Waals surface area contributed by atoms with Crippen LogP contribution in [0.5, 0.6) is 0 Å². The zero-order valence-electron chi connectivity index (χ0n) is 16.2. The molecule has 4 rings (SSSR count). The summed E-state index contributed by atoms with van der Waals surface area (Å²) in [6.45, 7) is 4.73. The van der Waals surface area contributed by atoms with E-state index in [1.165, 1.54) is 0 Å². The SMILES string of the molecule is CCNC(=O)CCC(C)(c1ccccc1)c1nc2cnc3ccccc3c2[nH]1. The largest absolute Gasteiger partial charge is 0.356 e. The van der Waals surface area contributed by atoms with Gasteiger partial charge < -0.3 is 10.3 Å². The first-order chi connectivity index (χ1) is 13.6. The van der Waals surface area contributed by atoms with Crippen molar-refractivity contribution in [1.82, 2.24) is 20.3 Å². The van der Waals surface area contributed by atoms with Gasteiger partial charge in [0.1, 0.15) is 11.3 Å². The van der Waals surface area contributed by atoms with Gasteiger partial charge in [0.2, 0.25) is 5.91 Å². The number of hydrogen-bond acceptors (Lipinski definition) is 3. The second-order valence-electron chi connectivity index (χ2n) is 7.27. The molecule has 0 saturated carbocycles. The Hall–Kier alpha value is -3.21. The maximum absolute atomic E-state index is 12.1. The number of carbonyl (C=O) groups excluding carboxylic acids is 1. The summed E-state index contributed by atoms with van der Waals surface area (Å²) in [5, 5.41) is 3.95. The molecule has 0 aliphatic carbocycles. The van der Waals surface area contributed by atoms with Gasteiger partial charge in [-0.2, -0.15) is 0 Å². The molecule has 1 unspecified atom stereocenters. The molecule has 2 heterocycles. The number of fused-ring (bicyclic) bond motifs is 3. The fourth-order valence-electron chi connectivity index (χ4n) is 3.73. The van der Waals surface area contributed by atoms with E-state index in [2.05, 4.69) is 40.4 Å².